The van der Waals surface area contributed by atoms with Crippen LogP contribution >= 0.6 is 0 Å². The van der Waals surface area contributed by atoms with Crippen molar-refractivity contribution < 1.29 is 23.1 Å². The fraction of sp³-hybridized carbons (Fsp3) is 0.308. The highest BCUT2D eigenvalue weighted by atomic mass is 32.2. The molecular weight excluding hydrogens is 296 g/mol. The van der Waals surface area contributed by atoms with Crippen molar-refractivity contribution in [3.63, 3.8) is 0 Å². The van der Waals surface area contributed by atoms with Crippen LogP contribution in [0, 0.1) is 0 Å². The minimum atomic E-state index is -3.70. The Morgan fingerprint density at radius 3 is 2.71 bits per heavy atom. The number of carbonyl (C=O) groups is 1. The molecule has 7 nitrogen and oxygen atoms in total. The molecule has 0 heterocycles. The normalized spacial score (nSPS) is 11.5. The first-order chi connectivity index (χ1) is 9.88. The highest BCUT2D eigenvalue weighted by Gasteiger charge is 2.12. The second kappa shape index (κ2) is 7.65. The van der Waals surface area contributed by atoms with Gasteiger partial charge in [-0.1, -0.05) is 13.0 Å². The van der Waals surface area contributed by atoms with Crippen LogP contribution in [0.1, 0.15) is 18.9 Å². The Morgan fingerprint density at radius 2 is 2.14 bits per heavy atom. The van der Waals surface area contributed by atoms with Gasteiger partial charge in [0.15, 0.2) is 0 Å². The molecule has 0 fully saturated rings. The fourth-order valence-corrected chi connectivity index (χ4v) is 2.49. The van der Waals surface area contributed by atoms with Gasteiger partial charge in [0.1, 0.15) is 5.75 Å². The van der Waals surface area contributed by atoms with Crippen LogP contribution in [0.25, 0.3) is 6.08 Å². The summed E-state index contributed by atoms with van der Waals surface area (Å²) >= 11 is 0. The maximum absolute atomic E-state index is 11.8. The van der Waals surface area contributed by atoms with Gasteiger partial charge in [0.05, 0.1) is 12.8 Å². The number of methoxy groups -OCH3 is 1. The van der Waals surface area contributed by atoms with E-state index in [1.54, 1.807) is 12.1 Å². The van der Waals surface area contributed by atoms with E-state index in [0.717, 1.165) is 6.08 Å². The Kier molecular flexibility index (Phi) is 6.19. The van der Waals surface area contributed by atoms with Crippen LogP contribution in [0.15, 0.2) is 24.3 Å². The SMILES string of the molecule is CCCNS(=O)(=O)Nc1cc(/C=C/C(=O)O)ccc1OC. The van der Waals surface area contributed by atoms with E-state index in [0.29, 0.717) is 24.3 Å². The number of aliphatic carboxylic acids is 1. The summed E-state index contributed by atoms with van der Waals surface area (Å²) in [4.78, 5) is 10.5. The Morgan fingerprint density at radius 1 is 1.43 bits per heavy atom. The maximum Gasteiger partial charge on any atom is 0.328 e. The summed E-state index contributed by atoms with van der Waals surface area (Å²) in [6, 6.07) is 4.66. The standard InChI is InChI=1S/C13H18N2O5S/c1-3-8-14-21(18,19)15-11-9-10(5-7-13(16)17)4-6-12(11)20-2/h4-7,9,14-15H,3,8H2,1-2H3,(H,16,17)/b7-5+. The van der Waals surface area contributed by atoms with Crippen LogP contribution in [0.4, 0.5) is 5.69 Å². The zero-order chi connectivity index (χ0) is 15.9. The van der Waals surface area contributed by atoms with Crippen LogP contribution in [0.2, 0.25) is 0 Å². The van der Waals surface area contributed by atoms with Crippen molar-refractivity contribution in [2.24, 2.45) is 0 Å². The molecule has 0 bridgehead atoms. The van der Waals surface area contributed by atoms with Crippen LogP contribution in [0.5, 0.6) is 5.75 Å². The minimum absolute atomic E-state index is 0.230. The molecule has 0 aliphatic rings. The molecule has 0 aromatic heterocycles. The first kappa shape index (κ1) is 17.0. The summed E-state index contributed by atoms with van der Waals surface area (Å²) in [5.74, 6) is -0.748. The summed E-state index contributed by atoms with van der Waals surface area (Å²) in [7, 11) is -2.28. The van der Waals surface area contributed by atoms with Gasteiger partial charge in [-0.3, -0.25) is 4.72 Å². The van der Waals surface area contributed by atoms with Gasteiger partial charge in [-0.2, -0.15) is 13.1 Å². The van der Waals surface area contributed by atoms with E-state index in [1.165, 1.54) is 19.3 Å². The Balaban J connectivity index is 3.03. The third-order valence-electron chi connectivity index (χ3n) is 2.43. The first-order valence-electron chi connectivity index (χ1n) is 6.24. The molecule has 8 heteroatoms. The van der Waals surface area contributed by atoms with E-state index in [-0.39, 0.29) is 5.69 Å². The predicted octanol–water partition coefficient (Wildman–Crippen LogP) is 1.45. The van der Waals surface area contributed by atoms with Crippen molar-refractivity contribution in [1.82, 2.24) is 4.72 Å². The molecule has 0 amide bonds. The molecule has 3 N–H and O–H groups in total. The van der Waals surface area contributed by atoms with Crippen LogP contribution in [-0.4, -0.2) is 33.1 Å². The van der Waals surface area contributed by atoms with E-state index in [2.05, 4.69) is 9.44 Å². The molecule has 0 radical (unpaired) electrons. The van der Waals surface area contributed by atoms with Gasteiger partial charge >= 0.3 is 5.97 Å². The summed E-state index contributed by atoms with van der Waals surface area (Å²) in [6.45, 7) is 2.16. The molecule has 1 aromatic rings. The monoisotopic (exact) mass is 314 g/mol. The van der Waals surface area contributed by atoms with Crippen molar-refractivity contribution >= 4 is 27.9 Å². The van der Waals surface area contributed by atoms with Crippen molar-refractivity contribution in [1.29, 1.82) is 0 Å². The Bertz CT molecular complexity index is 625. The lowest BCUT2D eigenvalue weighted by molar-refractivity contribution is -0.131. The number of rotatable bonds is 8. The summed E-state index contributed by atoms with van der Waals surface area (Å²) < 4.78 is 33.4. The molecule has 0 saturated heterocycles. The Hall–Kier alpha value is -2.06. The van der Waals surface area contributed by atoms with Crippen LogP contribution in [0.3, 0.4) is 0 Å². The van der Waals surface area contributed by atoms with Gasteiger partial charge in [0.25, 0.3) is 10.2 Å². The van der Waals surface area contributed by atoms with E-state index < -0.39 is 16.2 Å². The lowest BCUT2D eigenvalue weighted by Gasteiger charge is -2.12. The summed E-state index contributed by atoms with van der Waals surface area (Å²) in [6.07, 6.45) is 2.99. The number of nitrogens with one attached hydrogen (secondary N) is 2. The second-order valence-electron chi connectivity index (χ2n) is 4.13. The predicted molar refractivity (Wildman–Crippen MR) is 80.5 cm³/mol. The second-order valence-corrected chi connectivity index (χ2v) is 5.63. The molecule has 0 saturated carbocycles. The third kappa shape index (κ3) is 5.84. The molecule has 0 unspecified atom stereocenters. The number of anilines is 1. The fourth-order valence-electron chi connectivity index (χ4n) is 1.49. The van der Waals surface area contributed by atoms with Gasteiger partial charge in [-0.05, 0) is 30.2 Å². The lowest BCUT2D eigenvalue weighted by atomic mass is 10.2. The zero-order valence-electron chi connectivity index (χ0n) is 11.8. The highest BCUT2D eigenvalue weighted by Crippen LogP contribution is 2.26. The van der Waals surface area contributed by atoms with Crippen molar-refractivity contribution in [2.45, 2.75) is 13.3 Å². The summed E-state index contributed by atoms with van der Waals surface area (Å²) in [5, 5.41) is 8.60. The number of hydrogen-bond acceptors (Lipinski definition) is 4. The van der Waals surface area contributed by atoms with Gasteiger partial charge in [-0.25, -0.2) is 4.79 Å². The van der Waals surface area contributed by atoms with Gasteiger partial charge < -0.3 is 9.84 Å². The van der Waals surface area contributed by atoms with Gasteiger partial charge in [0, 0.05) is 12.6 Å². The van der Waals surface area contributed by atoms with Crippen molar-refractivity contribution in [3.05, 3.63) is 29.8 Å². The smallest absolute Gasteiger partial charge is 0.328 e. The molecule has 0 aliphatic carbocycles. The summed E-state index contributed by atoms with van der Waals surface area (Å²) in [5.41, 5.74) is 0.764. The van der Waals surface area contributed by atoms with Crippen molar-refractivity contribution in [2.75, 3.05) is 18.4 Å². The van der Waals surface area contributed by atoms with Crippen molar-refractivity contribution in [3.8, 4) is 5.75 Å². The highest BCUT2D eigenvalue weighted by molar-refractivity contribution is 7.90. The largest absolute Gasteiger partial charge is 0.495 e. The number of hydrogen-bond donors (Lipinski definition) is 3. The van der Waals surface area contributed by atoms with E-state index in [4.69, 9.17) is 9.84 Å². The van der Waals surface area contributed by atoms with Gasteiger partial charge in [0.2, 0.25) is 0 Å². The molecular formula is C13H18N2O5S. The first-order valence-corrected chi connectivity index (χ1v) is 7.72. The molecule has 1 aromatic carbocycles. The third-order valence-corrected chi connectivity index (χ3v) is 3.50. The number of carboxylic acid groups (broad SMARTS) is 1. The molecule has 21 heavy (non-hydrogen) atoms. The molecule has 0 atom stereocenters. The number of carboxylic acids is 1. The Labute approximate surface area is 123 Å². The average molecular weight is 314 g/mol. The maximum atomic E-state index is 11.8. The van der Waals surface area contributed by atoms with Gasteiger partial charge in [-0.15, -0.1) is 0 Å². The molecule has 0 aliphatic heterocycles. The molecule has 0 spiro atoms. The van der Waals surface area contributed by atoms with Crippen LogP contribution in [-0.2, 0) is 15.0 Å². The molecule has 1 rings (SSSR count). The quantitative estimate of drug-likeness (QED) is 0.630. The molecule has 116 valence electrons. The topological polar surface area (TPSA) is 105 Å². The lowest BCUT2D eigenvalue weighted by Crippen LogP contribution is -2.30. The number of ether oxygens (including phenoxy) is 1. The zero-order valence-corrected chi connectivity index (χ0v) is 12.6. The minimum Gasteiger partial charge on any atom is -0.495 e. The van der Waals surface area contributed by atoms with E-state index in [9.17, 15) is 13.2 Å². The van der Waals surface area contributed by atoms with Crippen LogP contribution < -0.4 is 14.2 Å². The van der Waals surface area contributed by atoms with E-state index >= 15 is 0 Å². The average Bonchev–Trinajstić information content (AvgIpc) is 2.43. The number of benzene rings is 1. The van der Waals surface area contributed by atoms with E-state index in [1.807, 2.05) is 6.92 Å².